The van der Waals surface area contributed by atoms with E-state index in [1.807, 2.05) is 35.2 Å². The average molecular weight is 367 g/mol. The van der Waals surface area contributed by atoms with Gasteiger partial charge in [0.1, 0.15) is 0 Å². The standard InChI is InChI=1S/C21H29N5O/c1-16(2)26-20-15-25(21(27)22-17-8-4-3-5-9-17)13-10-18(20)19(23-26)14-24-11-6-7-12-24/h3-5,8-9,16H,6-7,10-15H2,1-2H3,(H,22,27). The number of aromatic nitrogens is 2. The van der Waals surface area contributed by atoms with Crippen LogP contribution in [0.2, 0.25) is 0 Å². The van der Waals surface area contributed by atoms with Gasteiger partial charge in [-0.25, -0.2) is 4.79 Å². The van der Waals surface area contributed by atoms with E-state index in [4.69, 9.17) is 5.10 Å². The molecule has 1 N–H and O–H groups in total. The average Bonchev–Trinajstić information content (AvgIpc) is 3.30. The first kappa shape index (κ1) is 18.0. The molecule has 0 spiro atoms. The van der Waals surface area contributed by atoms with Gasteiger partial charge >= 0.3 is 6.03 Å². The molecule has 2 aliphatic rings. The molecule has 6 nitrogen and oxygen atoms in total. The SMILES string of the molecule is CC(C)n1nc(CN2CCCC2)c2c1CN(C(=O)Nc1ccccc1)CC2. The summed E-state index contributed by atoms with van der Waals surface area (Å²) in [7, 11) is 0. The summed E-state index contributed by atoms with van der Waals surface area (Å²) in [4.78, 5) is 17.1. The van der Waals surface area contributed by atoms with Crippen molar-refractivity contribution < 1.29 is 4.79 Å². The highest BCUT2D eigenvalue weighted by atomic mass is 16.2. The maximum absolute atomic E-state index is 12.7. The lowest BCUT2D eigenvalue weighted by atomic mass is 10.0. The number of nitrogens with zero attached hydrogens (tertiary/aromatic N) is 4. The van der Waals surface area contributed by atoms with Crippen LogP contribution in [0.4, 0.5) is 10.5 Å². The minimum absolute atomic E-state index is 0.0375. The van der Waals surface area contributed by atoms with E-state index in [1.54, 1.807) is 0 Å². The Kier molecular flexibility index (Phi) is 5.16. The third-order valence-electron chi connectivity index (χ3n) is 5.55. The van der Waals surface area contributed by atoms with Gasteiger partial charge in [-0.2, -0.15) is 5.10 Å². The second-order valence-electron chi connectivity index (χ2n) is 7.86. The van der Waals surface area contributed by atoms with Crippen LogP contribution in [0.1, 0.15) is 49.7 Å². The van der Waals surface area contributed by atoms with E-state index in [0.717, 1.165) is 25.2 Å². The van der Waals surface area contributed by atoms with Gasteiger partial charge in [0, 0.05) is 30.4 Å². The zero-order valence-corrected chi connectivity index (χ0v) is 16.3. The third-order valence-corrected chi connectivity index (χ3v) is 5.55. The lowest BCUT2D eigenvalue weighted by Crippen LogP contribution is -2.39. The number of anilines is 1. The summed E-state index contributed by atoms with van der Waals surface area (Å²) >= 11 is 0. The summed E-state index contributed by atoms with van der Waals surface area (Å²) in [6, 6.07) is 9.91. The van der Waals surface area contributed by atoms with Crippen LogP contribution >= 0.6 is 0 Å². The highest BCUT2D eigenvalue weighted by molar-refractivity contribution is 5.89. The van der Waals surface area contributed by atoms with Gasteiger partial charge in [0.05, 0.1) is 17.9 Å². The predicted molar refractivity (Wildman–Crippen MR) is 107 cm³/mol. The molecule has 2 aliphatic heterocycles. The van der Waals surface area contributed by atoms with Crippen LogP contribution in [0, 0.1) is 0 Å². The fourth-order valence-corrected chi connectivity index (χ4v) is 4.12. The largest absolute Gasteiger partial charge is 0.322 e. The van der Waals surface area contributed by atoms with Crippen molar-refractivity contribution in [3.05, 3.63) is 47.3 Å². The normalized spacial score (nSPS) is 17.4. The summed E-state index contributed by atoms with van der Waals surface area (Å²) < 4.78 is 2.13. The highest BCUT2D eigenvalue weighted by Gasteiger charge is 2.29. The van der Waals surface area contributed by atoms with Crippen molar-refractivity contribution in [2.75, 3.05) is 25.0 Å². The second-order valence-corrected chi connectivity index (χ2v) is 7.86. The van der Waals surface area contributed by atoms with Crippen molar-refractivity contribution >= 4 is 11.7 Å². The van der Waals surface area contributed by atoms with Crippen molar-refractivity contribution in [3.63, 3.8) is 0 Å². The van der Waals surface area contributed by atoms with E-state index in [9.17, 15) is 4.79 Å². The molecule has 4 rings (SSSR count). The third kappa shape index (κ3) is 3.86. The maximum atomic E-state index is 12.7. The summed E-state index contributed by atoms with van der Waals surface area (Å²) in [5.41, 5.74) is 4.61. The summed E-state index contributed by atoms with van der Waals surface area (Å²) in [5, 5.41) is 7.95. The first-order valence-electron chi connectivity index (χ1n) is 10.0. The molecule has 1 saturated heterocycles. The van der Waals surface area contributed by atoms with E-state index < -0.39 is 0 Å². The maximum Gasteiger partial charge on any atom is 0.322 e. The van der Waals surface area contributed by atoms with Crippen LogP contribution in [0.3, 0.4) is 0 Å². The molecule has 0 bridgehead atoms. The van der Waals surface area contributed by atoms with Gasteiger partial charge in [-0.1, -0.05) is 18.2 Å². The molecule has 27 heavy (non-hydrogen) atoms. The van der Waals surface area contributed by atoms with Gasteiger partial charge in [-0.15, -0.1) is 0 Å². The topological polar surface area (TPSA) is 53.4 Å². The first-order valence-corrected chi connectivity index (χ1v) is 10.0. The molecule has 0 saturated carbocycles. The Labute approximate surface area is 161 Å². The molecule has 1 aromatic heterocycles. The molecule has 1 aromatic carbocycles. The predicted octanol–water partition coefficient (Wildman–Crippen LogP) is 3.65. The number of rotatable bonds is 4. The summed E-state index contributed by atoms with van der Waals surface area (Å²) in [6.07, 6.45) is 3.47. The highest BCUT2D eigenvalue weighted by Crippen LogP contribution is 2.27. The number of hydrogen-bond acceptors (Lipinski definition) is 3. The molecular formula is C21H29N5O. The van der Waals surface area contributed by atoms with Gasteiger partial charge in [-0.3, -0.25) is 9.58 Å². The zero-order chi connectivity index (χ0) is 18.8. The van der Waals surface area contributed by atoms with Crippen LogP contribution in [-0.4, -0.2) is 45.2 Å². The molecular weight excluding hydrogens is 338 g/mol. The van der Waals surface area contributed by atoms with Gasteiger partial charge in [0.15, 0.2) is 0 Å². The minimum Gasteiger partial charge on any atom is -0.318 e. The summed E-state index contributed by atoms with van der Waals surface area (Å²) in [5.74, 6) is 0. The monoisotopic (exact) mass is 367 g/mol. The molecule has 1 fully saturated rings. The number of nitrogens with one attached hydrogen (secondary N) is 1. The zero-order valence-electron chi connectivity index (χ0n) is 16.3. The number of para-hydroxylation sites is 1. The van der Waals surface area contributed by atoms with Crippen molar-refractivity contribution in [2.45, 2.75) is 52.2 Å². The number of benzene rings is 1. The Morgan fingerprint density at radius 2 is 1.89 bits per heavy atom. The molecule has 144 valence electrons. The second kappa shape index (κ2) is 7.72. The molecule has 0 radical (unpaired) electrons. The molecule has 0 atom stereocenters. The van der Waals surface area contributed by atoms with Crippen molar-refractivity contribution in [1.82, 2.24) is 19.6 Å². The van der Waals surface area contributed by atoms with Gasteiger partial charge in [0.2, 0.25) is 0 Å². The number of amides is 2. The van der Waals surface area contributed by atoms with Crippen LogP contribution in [0.25, 0.3) is 0 Å². The van der Waals surface area contributed by atoms with Crippen LogP contribution in [-0.2, 0) is 19.5 Å². The van der Waals surface area contributed by atoms with E-state index in [-0.39, 0.29) is 6.03 Å². The van der Waals surface area contributed by atoms with E-state index >= 15 is 0 Å². The fourth-order valence-electron chi connectivity index (χ4n) is 4.12. The van der Waals surface area contributed by atoms with Gasteiger partial charge in [-0.05, 0) is 58.3 Å². The molecule has 0 aliphatic carbocycles. The Morgan fingerprint density at radius 3 is 2.59 bits per heavy atom. The minimum atomic E-state index is -0.0375. The Morgan fingerprint density at radius 1 is 1.15 bits per heavy atom. The Bertz CT molecular complexity index is 792. The van der Waals surface area contributed by atoms with Crippen molar-refractivity contribution in [2.24, 2.45) is 0 Å². The van der Waals surface area contributed by atoms with Crippen molar-refractivity contribution in [3.8, 4) is 0 Å². The van der Waals surface area contributed by atoms with Crippen molar-refractivity contribution in [1.29, 1.82) is 0 Å². The number of likely N-dealkylation sites (tertiary alicyclic amines) is 1. The summed E-state index contributed by atoms with van der Waals surface area (Å²) in [6.45, 7) is 8.98. The number of carbonyl (C=O) groups is 1. The van der Waals surface area contributed by atoms with Crippen LogP contribution in [0.5, 0.6) is 0 Å². The quantitative estimate of drug-likeness (QED) is 0.897. The number of fused-ring (bicyclic) bond motifs is 1. The molecule has 0 unspecified atom stereocenters. The van der Waals surface area contributed by atoms with Crippen LogP contribution in [0.15, 0.2) is 30.3 Å². The smallest absolute Gasteiger partial charge is 0.318 e. The van der Waals surface area contributed by atoms with E-state index in [2.05, 4.69) is 28.7 Å². The van der Waals surface area contributed by atoms with Crippen LogP contribution < -0.4 is 5.32 Å². The van der Waals surface area contributed by atoms with Gasteiger partial charge < -0.3 is 10.2 Å². The van der Waals surface area contributed by atoms with Gasteiger partial charge in [0.25, 0.3) is 0 Å². The Balaban J connectivity index is 1.52. The molecule has 3 heterocycles. The first-order chi connectivity index (χ1) is 13.1. The Hall–Kier alpha value is -2.34. The number of urea groups is 1. The number of carbonyl (C=O) groups excluding carboxylic acids is 1. The number of hydrogen-bond donors (Lipinski definition) is 1. The van der Waals surface area contributed by atoms with E-state index in [0.29, 0.717) is 12.6 Å². The molecule has 2 aromatic rings. The van der Waals surface area contributed by atoms with E-state index in [1.165, 1.54) is 42.9 Å². The lowest BCUT2D eigenvalue weighted by molar-refractivity contribution is 0.203. The fraction of sp³-hybridized carbons (Fsp3) is 0.524. The molecule has 6 heteroatoms. The lowest BCUT2D eigenvalue weighted by Gasteiger charge is -2.29. The molecule has 2 amide bonds.